The van der Waals surface area contributed by atoms with Gasteiger partial charge in [0, 0.05) is 18.0 Å². The number of hydrogen-bond acceptors (Lipinski definition) is 8. The Morgan fingerprint density at radius 3 is 2.70 bits per heavy atom. The zero-order valence-corrected chi connectivity index (χ0v) is 20.3. The standard InChI is InChI=1S/C24H26N4O3S2/c1-14-25-18-4-3-16(31-2)11-17(18)24(26-14)32-13-20(29)21-5-6-22(33-21)23(30)27-19-12-28-9-7-15(19)8-10-28/h3-6,11,15,19H,7-10,12-13H2,1-2H3,(H,27,30). The van der Waals surface area contributed by atoms with Crippen LogP contribution in [0, 0.1) is 12.8 Å². The van der Waals surface area contributed by atoms with Crippen LogP contribution in [0.4, 0.5) is 0 Å². The van der Waals surface area contributed by atoms with Gasteiger partial charge in [-0.3, -0.25) is 9.59 Å². The Hall–Kier alpha value is -2.49. The summed E-state index contributed by atoms with van der Waals surface area (Å²) in [4.78, 5) is 38.3. The number of thioether (sulfide) groups is 1. The van der Waals surface area contributed by atoms with Crippen LogP contribution in [0.25, 0.3) is 10.9 Å². The largest absolute Gasteiger partial charge is 0.497 e. The summed E-state index contributed by atoms with van der Waals surface area (Å²) in [6.45, 7) is 5.05. The van der Waals surface area contributed by atoms with Crippen molar-refractivity contribution in [2.24, 2.45) is 5.92 Å². The monoisotopic (exact) mass is 482 g/mol. The third kappa shape index (κ3) is 4.76. The quantitative estimate of drug-likeness (QED) is 0.311. The second kappa shape index (κ2) is 9.40. The number of rotatable bonds is 7. The molecule has 2 bridgehead atoms. The van der Waals surface area contributed by atoms with Crippen molar-refractivity contribution in [2.75, 3.05) is 32.5 Å². The Morgan fingerprint density at radius 2 is 1.97 bits per heavy atom. The average Bonchev–Trinajstić information content (AvgIpc) is 3.33. The number of nitrogens with zero attached hydrogens (tertiary/aromatic N) is 3. The second-order valence-corrected chi connectivity index (χ2v) is 10.6. The van der Waals surface area contributed by atoms with E-state index in [9.17, 15) is 9.59 Å². The molecule has 1 unspecified atom stereocenters. The predicted molar refractivity (Wildman–Crippen MR) is 131 cm³/mol. The van der Waals surface area contributed by atoms with Gasteiger partial charge in [-0.25, -0.2) is 9.97 Å². The number of carbonyl (C=O) groups excluding carboxylic acids is 2. The molecular weight excluding hydrogens is 456 g/mol. The molecule has 1 aromatic carbocycles. The molecule has 3 saturated heterocycles. The Balaban J connectivity index is 1.25. The van der Waals surface area contributed by atoms with E-state index in [4.69, 9.17) is 4.74 Å². The number of aryl methyl sites for hydroxylation is 1. The van der Waals surface area contributed by atoms with Crippen LogP contribution in [-0.2, 0) is 0 Å². The summed E-state index contributed by atoms with van der Waals surface area (Å²) in [5.74, 6) is 2.10. The molecule has 7 nitrogen and oxygen atoms in total. The van der Waals surface area contributed by atoms with Gasteiger partial charge in [-0.15, -0.1) is 11.3 Å². The molecule has 2 aromatic heterocycles. The number of nitrogens with one attached hydrogen (secondary N) is 1. The minimum absolute atomic E-state index is 0.0146. The molecule has 3 aliphatic heterocycles. The highest BCUT2D eigenvalue weighted by Gasteiger charge is 2.35. The molecule has 1 atom stereocenters. The number of thiophene rings is 1. The zero-order valence-electron chi connectivity index (χ0n) is 18.7. The van der Waals surface area contributed by atoms with Gasteiger partial charge in [0.05, 0.1) is 28.1 Å². The minimum atomic E-state index is -0.0741. The van der Waals surface area contributed by atoms with Gasteiger partial charge >= 0.3 is 0 Å². The van der Waals surface area contributed by atoms with Gasteiger partial charge < -0.3 is 15.0 Å². The van der Waals surface area contributed by atoms with E-state index in [0.29, 0.717) is 21.5 Å². The molecule has 0 radical (unpaired) electrons. The number of fused-ring (bicyclic) bond motifs is 4. The van der Waals surface area contributed by atoms with Gasteiger partial charge in [0.25, 0.3) is 5.91 Å². The minimum Gasteiger partial charge on any atom is -0.497 e. The third-order valence-corrected chi connectivity index (χ3v) is 8.51. The van der Waals surface area contributed by atoms with Crippen molar-refractivity contribution in [1.29, 1.82) is 0 Å². The zero-order chi connectivity index (χ0) is 22.9. The fourth-order valence-corrected chi connectivity index (χ4v) is 6.49. The summed E-state index contributed by atoms with van der Waals surface area (Å²) in [5, 5.41) is 4.81. The average molecular weight is 483 g/mol. The maximum atomic E-state index is 12.9. The Kier molecular flexibility index (Phi) is 6.36. The highest BCUT2D eigenvalue weighted by atomic mass is 32.2. The number of Topliss-reactive ketones (excluding diaryl/α,β-unsaturated/α-hetero) is 1. The summed E-state index contributed by atoms with van der Waals surface area (Å²) in [6, 6.07) is 9.38. The summed E-state index contributed by atoms with van der Waals surface area (Å²) < 4.78 is 5.33. The Bertz CT molecular complexity index is 1200. The number of amides is 1. The van der Waals surface area contributed by atoms with E-state index in [2.05, 4.69) is 20.2 Å². The fraction of sp³-hybridized carbons (Fsp3) is 0.417. The van der Waals surface area contributed by atoms with E-state index in [1.54, 1.807) is 19.2 Å². The first-order chi connectivity index (χ1) is 16.0. The predicted octanol–water partition coefficient (Wildman–Crippen LogP) is 3.81. The number of benzene rings is 1. The third-order valence-electron chi connectivity index (χ3n) is 6.40. The molecule has 5 heterocycles. The topological polar surface area (TPSA) is 84.4 Å². The number of carbonyl (C=O) groups is 2. The second-order valence-electron chi connectivity index (χ2n) is 8.55. The molecule has 1 amide bonds. The van der Waals surface area contributed by atoms with Crippen molar-refractivity contribution in [3.05, 3.63) is 45.9 Å². The number of methoxy groups -OCH3 is 1. The first-order valence-electron chi connectivity index (χ1n) is 11.1. The first-order valence-corrected chi connectivity index (χ1v) is 12.9. The smallest absolute Gasteiger partial charge is 0.261 e. The van der Waals surface area contributed by atoms with Crippen LogP contribution in [0.2, 0.25) is 0 Å². The number of ether oxygens (including phenoxy) is 1. The van der Waals surface area contributed by atoms with Gasteiger partial charge in [0.15, 0.2) is 5.78 Å². The maximum absolute atomic E-state index is 12.9. The molecule has 33 heavy (non-hydrogen) atoms. The lowest BCUT2D eigenvalue weighted by Crippen LogP contribution is -2.57. The molecule has 0 aliphatic carbocycles. The maximum Gasteiger partial charge on any atom is 0.261 e. The molecule has 3 fully saturated rings. The van der Waals surface area contributed by atoms with Gasteiger partial charge in [-0.1, -0.05) is 11.8 Å². The number of hydrogen-bond donors (Lipinski definition) is 1. The lowest BCUT2D eigenvalue weighted by molar-refractivity contribution is 0.0622. The fourth-order valence-electron chi connectivity index (χ4n) is 4.61. The Morgan fingerprint density at radius 1 is 1.18 bits per heavy atom. The summed E-state index contributed by atoms with van der Waals surface area (Å²) in [6.07, 6.45) is 2.30. The van der Waals surface area contributed by atoms with Crippen molar-refractivity contribution in [2.45, 2.75) is 30.8 Å². The van der Waals surface area contributed by atoms with E-state index < -0.39 is 0 Å². The van der Waals surface area contributed by atoms with Gasteiger partial charge in [-0.2, -0.15) is 0 Å². The number of piperidine rings is 3. The molecule has 0 spiro atoms. The molecule has 172 valence electrons. The van der Waals surface area contributed by atoms with Crippen molar-refractivity contribution < 1.29 is 14.3 Å². The molecular formula is C24H26N4O3S2. The van der Waals surface area contributed by atoms with Crippen LogP contribution in [0.1, 0.15) is 38.0 Å². The number of ketones is 1. The van der Waals surface area contributed by atoms with Crippen molar-refractivity contribution >= 4 is 45.7 Å². The van der Waals surface area contributed by atoms with Crippen LogP contribution in [0.5, 0.6) is 5.75 Å². The lowest BCUT2D eigenvalue weighted by atomic mass is 9.84. The van der Waals surface area contributed by atoms with Crippen LogP contribution < -0.4 is 10.1 Å². The van der Waals surface area contributed by atoms with E-state index in [-0.39, 0.29) is 23.5 Å². The number of aromatic nitrogens is 2. The summed E-state index contributed by atoms with van der Waals surface area (Å²) >= 11 is 2.65. The van der Waals surface area contributed by atoms with Crippen LogP contribution in [0.3, 0.4) is 0 Å². The van der Waals surface area contributed by atoms with Crippen molar-refractivity contribution in [3.8, 4) is 5.75 Å². The summed E-state index contributed by atoms with van der Waals surface area (Å²) in [7, 11) is 1.62. The summed E-state index contributed by atoms with van der Waals surface area (Å²) in [5.41, 5.74) is 0.820. The highest BCUT2D eigenvalue weighted by Crippen LogP contribution is 2.30. The van der Waals surface area contributed by atoms with Crippen LogP contribution in [-0.4, -0.2) is 65.1 Å². The highest BCUT2D eigenvalue weighted by molar-refractivity contribution is 8.00. The van der Waals surface area contributed by atoms with E-state index in [1.807, 2.05) is 25.1 Å². The Labute approximate surface area is 200 Å². The van der Waals surface area contributed by atoms with Crippen LogP contribution >= 0.6 is 23.1 Å². The van der Waals surface area contributed by atoms with Crippen molar-refractivity contribution in [1.82, 2.24) is 20.2 Å². The SMILES string of the molecule is COc1ccc2nc(C)nc(SCC(=O)c3ccc(C(=O)NC4CN5CCC4CC5)s3)c2c1. The first kappa shape index (κ1) is 22.3. The molecule has 1 N–H and O–H groups in total. The van der Waals surface area contributed by atoms with Gasteiger partial charge in [0.1, 0.15) is 16.6 Å². The molecule has 9 heteroatoms. The van der Waals surface area contributed by atoms with Gasteiger partial charge in [0.2, 0.25) is 0 Å². The van der Waals surface area contributed by atoms with Gasteiger partial charge in [-0.05, 0) is 69.1 Å². The van der Waals surface area contributed by atoms with E-state index in [0.717, 1.165) is 54.2 Å². The van der Waals surface area contributed by atoms with Crippen molar-refractivity contribution in [3.63, 3.8) is 0 Å². The molecule has 3 aliphatic rings. The molecule has 3 aromatic rings. The van der Waals surface area contributed by atoms with E-state index >= 15 is 0 Å². The normalized spacial score (nSPS) is 21.8. The lowest BCUT2D eigenvalue weighted by Gasteiger charge is -2.44. The molecule has 0 saturated carbocycles. The van der Waals surface area contributed by atoms with E-state index in [1.165, 1.54) is 23.1 Å². The van der Waals surface area contributed by atoms with Crippen LogP contribution in [0.15, 0.2) is 35.4 Å². The molecule has 6 rings (SSSR count).